The number of methoxy groups -OCH3 is 1. The van der Waals surface area contributed by atoms with Crippen LogP contribution < -0.4 is 9.47 Å². The summed E-state index contributed by atoms with van der Waals surface area (Å²) in [6, 6.07) is 11.1. The number of halogens is 2. The van der Waals surface area contributed by atoms with Crippen molar-refractivity contribution in [3.63, 3.8) is 0 Å². The van der Waals surface area contributed by atoms with Gasteiger partial charge >= 0.3 is 5.97 Å². The summed E-state index contributed by atoms with van der Waals surface area (Å²) in [7, 11) is 1.48. The molecule has 0 radical (unpaired) electrons. The van der Waals surface area contributed by atoms with Gasteiger partial charge in [-0.15, -0.1) is 0 Å². The molecule has 0 N–H and O–H groups in total. The molecule has 134 valence electrons. The Kier molecular flexibility index (Phi) is 7.18. The first-order valence-corrected chi connectivity index (χ1v) is 8.29. The third kappa shape index (κ3) is 5.60. The summed E-state index contributed by atoms with van der Waals surface area (Å²) in [5, 5.41) is 8.55. The Bertz CT molecular complexity index is 861. The quantitative estimate of drug-likeness (QED) is 0.495. The van der Waals surface area contributed by atoms with Crippen LogP contribution in [0.2, 0.25) is 0 Å². The molecule has 0 aliphatic heterocycles. The Hall–Kier alpha value is -2.85. The predicted octanol–water partition coefficient (Wildman–Crippen LogP) is 4.26. The molecule has 7 heteroatoms. The zero-order valence-corrected chi connectivity index (χ0v) is 15.5. The van der Waals surface area contributed by atoms with Crippen LogP contribution in [0, 0.1) is 17.1 Å². The zero-order valence-electron chi connectivity index (χ0n) is 13.9. The van der Waals surface area contributed by atoms with Crippen LogP contribution in [0.5, 0.6) is 11.5 Å². The average Bonchev–Trinajstić information content (AvgIpc) is 2.64. The molecule has 0 aliphatic carbocycles. The van der Waals surface area contributed by atoms with Crippen LogP contribution in [-0.2, 0) is 16.1 Å². The molecular formula is C19H15BrFNO4. The highest BCUT2D eigenvalue weighted by molar-refractivity contribution is 9.10. The first kappa shape index (κ1) is 19.5. The minimum absolute atomic E-state index is 0.0221. The largest absolute Gasteiger partial charge is 0.493 e. The van der Waals surface area contributed by atoms with Crippen LogP contribution in [0.25, 0.3) is 6.08 Å². The summed E-state index contributed by atoms with van der Waals surface area (Å²) in [5.41, 5.74) is 1.36. The lowest BCUT2D eigenvalue weighted by Gasteiger charge is -2.08. The number of nitriles is 1. The summed E-state index contributed by atoms with van der Waals surface area (Å²) in [6.07, 6.45) is 2.85. The maximum absolute atomic E-state index is 13.0. The van der Waals surface area contributed by atoms with E-state index >= 15 is 0 Å². The Morgan fingerprint density at radius 1 is 1.27 bits per heavy atom. The molecule has 0 unspecified atom stereocenters. The van der Waals surface area contributed by atoms with Crippen LogP contribution in [-0.4, -0.2) is 19.7 Å². The smallest absolute Gasteiger partial charge is 0.331 e. The Balaban J connectivity index is 1.97. The van der Waals surface area contributed by atoms with E-state index in [1.807, 2.05) is 6.07 Å². The van der Waals surface area contributed by atoms with Gasteiger partial charge in [0, 0.05) is 16.1 Å². The fraction of sp³-hybridized carbons (Fsp3) is 0.158. The monoisotopic (exact) mass is 419 g/mol. The Labute approximate surface area is 158 Å². The number of rotatable bonds is 7. The van der Waals surface area contributed by atoms with E-state index in [1.165, 1.54) is 25.3 Å². The topological polar surface area (TPSA) is 68.6 Å². The zero-order chi connectivity index (χ0) is 18.9. The van der Waals surface area contributed by atoms with Crippen LogP contribution in [0.15, 0.2) is 46.9 Å². The van der Waals surface area contributed by atoms with Gasteiger partial charge in [-0.3, -0.25) is 0 Å². The molecular weight excluding hydrogens is 405 g/mol. The van der Waals surface area contributed by atoms with Crippen LogP contribution >= 0.6 is 15.9 Å². The molecule has 0 aliphatic rings. The van der Waals surface area contributed by atoms with E-state index in [0.29, 0.717) is 27.1 Å². The van der Waals surface area contributed by atoms with Crippen LogP contribution in [0.4, 0.5) is 4.39 Å². The second-order valence-corrected chi connectivity index (χ2v) is 5.89. The van der Waals surface area contributed by atoms with Crippen molar-refractivity contribution in [2.24, 2.45) is 0 Å². The number of carbonyl (C=O) groups excluding carboxylic acids is 1. The lowest BCUT2D eigenvalue weighted by atomic mass is 10.2. The summed E-state index contributed by atoms with van der Waals surface area (Å²) in [5.74, 6) is -0.0195. The fourth-order valence-electron chi connectivity index (χ4n) is 2.02. The lowest BCUT2D eigenvalue weighted by molar-refractivity contribution is -0.138. The number of benzene rings is 2. The van der Waals surface area contributed by atoms with Gasteiger partial charge in [0.15, 0.2) is 18.1 Å². The number of esters is 1. The third-order valence-corrected chi connectivity index (χ3v) is 4.02. The maximum Gasteiger partial charge on any atom is 0.331 e. The highest BCUT2D eigenvalue weighted by Gasteiger charge is 2.06. The lowest BCUT2D eigenvalue weighted by Crippen LogP contribution is -2.01. The molecule has 2 aromatic carbocycles. The highest BCUT2D eigenvalue weighted by atomic mass is 79.9. The predicted molar refractivity (Wildman–Crippen MR) is 97.0 cm³/mol. The fourth-order valence-corrected chi connectivity index (χ4v) is 2.48. The highest BCUT2D eigenvalue weighted by Crippen LogP contribution is 2.28. The van der Waals surface area contributed by atoms with Gasteiger partial charge in [0.1, 0.15) is 18.5 Å². The van der Waals surface area contributed by atoms with Crippen LogP contribution in [0.3, 0.4) is 0 Å². The molecule has 0 saturated heterocycles. The third-order valence-electron chi connectivity index (χ3n) is 3.28. The van der Waals surface area contributed by atoms with Gasteiger partial charge in [0.25, 0.3) is 0 Å². The second kappa shape index (κ2) is 9.59. The van der Waals surface area contributed by atoms with Crippen molar-refractivity contribution < 1.29 is 23.4 Å². The van der Waals surface area contributed by atoms with E-state index in [0.717, 1.165) is 0 Å². The summed E-state index contributed by atoms with van der Waals surface area (Å²) in [4.78, 5) is 11.8. The maximum atomic E-state index is 13.0. The van der Waals surface area contributed by atoms with Gasteiger partial charge < -0.3 is 14.2 Å². The molecule has 0 spiro atoms. The van der Waals surface area contributed by atoms with Crippen molar-refractivity contribution in [3.05, 3.63) is 63.9 Å². The van der Waals surface area contributed by atoms with Crippen molar-refractivity contribution in [2.75, 3.05) is 13.7 Å². The summed E-state index contributed by atoms with van der Waals surface area (Å²) in [6.45, 7) is -0.0644. The number of carbonyl (C=O) groups is 1. The van der Waals surface area contributed by atoms with Gasteiger partial charge in [-0.1, -0.05) is 28.1 Å². The first-order valence-electron chi connectivity index (χ1n) is 7.50. The normalized spacial score (nSPS) is 10.4. The van der Waals surface area contributed by atoms with E-state index in [2.05, 4.69) is 15.9 Å². The number of ether oxygens (including phenoxy) is 3. The van der Waals surface area contributed by atoms with Gasteiger partial charge in [0.05, 0.1) is 7.11 Å². The number of nitrogens with zero attached hydrogens (tertiary/aromatic N) is 1. The van der Waals surface area contributed by atoms with E-state index in [9.17, 15) is 9.18 Å². The van der Waals surface area contributed by atoms with Crippen molar-refractivity contribution in [3.8, 4) is 17.6 Å². The minimum Gasteiger partial charge on any atom is -0.493 e. The Morgan fingerprint density at radius 3 is 2.77 bits per heavy atom. The van der Waals surface area contributed by atoms with Gasteiger partial charge in [-0.2, -0.15) is 5.26 Å². The molecule has 0 fully saturated rings. The molecule has 0 saturated carbocycles. The minimum atomic E-state index is -0.537. The molecule has 0 amide bonds. The number of hydrogen-bond acceptors (Lipinski definition) is 5. The molecule has 0 heterocycles. The molecule has 0 atom stereocenters. The summed E-state index contributed by atoms with van der Waals surface area (Å²) >= 11 is 3.22. The van der Waals surface area contributed by atoms with E-state index in [1.54, 1.807) is 30.3 Å². The van der Waals surface area contributed by atoms with Gasteiger partial charge in [-0.25, -0.2) is 9.18 Å². The Morgan fingerprint density at radius 2 is 2.08 bits per heavy atom. The van der Waals surface area contributed by atoms with E-state index in [-0.39, 0.29) is 19.0 Å². The molecule has 2 rings (SSSR count). The second-order valence-electron chi connectivity index (χ2n) is 5.03. The van der Waals surface area contributed by atoms with Crippen molar-refractivity contribution in [1.29, 1.82) is 5.26 Å². The van der Waals surface area contributed by atoms with Crippen LogP contribution in [0.1, 0.15) is 11.1 Å². The summed E-state index contributed by atoms with van der Waals surface area (Å²) < 4.78 is 29.1. The van der Waals surface area contributed by atoms with Crippen molar-refractivity contribution in [2.45, 2.75) is 6.61 Å². The van der Waals surface area contributed by atoms with Gasteiger partial charge in [0.2, 0.25) is 0 Å². The average molecular weight is 420 g/mol. The molecule has 5 nitrogen and oxygen atoms in total. The van der Waals surface area contributed by atoms with E-state index < -0.39 is 5.97 Å². The molecule has 0 bridgehead atoms. The molecule has 2 aromatic rings. The number of hydrogen-bond donors (Lipinski definition) is 0. The molecule has 0 aromatic heterocycles. The SMILES string of the molecule is COc1cc(/C=C/C(=O)OCc2ccc(F)cc2Br)ccc1OCC#N. The van der Waals surface area contributed by atoms with E-state index in [4.69, 9.17) is 19.5 Å². The van der Waals surface area contributed by atoms with Gasteiger partial charge in [-0.05, 0) is 35.9 Å². The van der Waals surface area contributed by atoms with Crippen molar-refractivity contribution in [1.82, 2.24) is 0 Å². The first-order chi connectivity index (χ1) is 12.5. The standard InChI is InChI=1S/C19H15BrFNO4/c1-24-18-10-13(2-6-17(18)25-9-8-22)3-7-19(23)26-12-14-4-5-15(21)11-16(14)20/h2-7,10-11H,9,12H2,1H3/b7-3+. The van der Waals surface area contributed by atoms with Crippen molar-refractivity contribution >= 4 is 28.0 Å². The molecule has 26 heavy (non-hydrogen) atoms.